The Hall–Kier alpha value is -0.580. The van der Waals surface area contributed by atoms with Crippen LogP contribution in [0, 0.1) is 0 Å². The van der Waals surface area contributed by atoms with Crippen LogP contribution >= 0.6 is 15.9 Å². The van der Waals surface area contributed by atoms with E-state index in [0.717, 1.165) is 36.3 Å². The van der Waals surface area contributed by atoms with Crippen molar-refractivity contribution >= 4 is 15.9 Å². The van der Waals surface area contributed by atoms with Crippen LogP contribution in [0.3, 0.4) is 0 Å². The zero-order valence-corrected chi connectivity index (χ0v) is 12.2. The van der Waals surface area contributed by atoms with E-state index < -0.39 is 0 Å². The van der Waals surface area contributed by atoms with E-state index in [1.165, 1.54) is 12.0 Å². The summed E-state index contributed by atoms with van der Waals surface area (Å²) in [7, 11) is 2.21. The number of benzene rings is 1. The van der Waals surface area contributed by atoms with Gasteiger partial charge in [-0.1, -0.05) is 15.9 Å². The van der Waals surface area contributed by atoms with E-state index in [1.807, 2.05) is 6.07 Å². The Morgan fingerprint density at radius 3 is 3.17 bits per heavy atom. The Morgan fingerprint density at radius 2 is 2.39 bits per heavy atom. The number of ether oxygens (including phenoxy) is 1. The lowest BCUT2D eigenvalue weighted by atomic mass is 10.1. The number of hydrogen-bond acceptors (Lipinski definition) is 3. The van der Waals surface area contributed by atoms with Gasteiger partial charge < -0.3 is 10.1 Å². The van der Waals surface area contributed by atoms with Crippen LogP contribution in [0.2, 0.25) is 0 Å². The highest BCUT2D eigenvalue weighted by Crippen LogP contribution is 2.31. The molecule has 0 bridgehead atoms. The molecule has 0 aromatic heterocycles. The molecule has 1 fully saturated rings. The summed E-state index contributed by atoms with van der Waals surface area (Å²) in [5, 5.41) is 3.41. The largest absolute Gasteiger partial charge is 0.488 e. The molecule has 1 aromatic carbocycles. The normalized spacial score (nSPS) is 26.4. The van der Waals surface area contributed by atoms with Gasteiger partial charge in [-0.25, -0.2) is 0 Å². The van der Waals surface area contributed by atoms with Crippen molar-refractivity contribution in [1.29, 1.82) is 0 Å². The molecule has 3 nitrogen and oxygen atoms in total. The molecule has 2 unspecified atom stereocenters. The second-order valence-electron chi connectivity index (χ2n) is 5.28. The number of fused-ring (bicyclic) bond motifs is 1. The van der Waals surface area contributed by atoms with Crippen LogP contribution in [0.4, 0.5) is 0 Å². The first kappa shape index (κ1) is 12.5. The van der Waals surface area contributed by atoms with Gasteiger partial charge in [-0.2, -0.15) is 0 Å². The third-order valence-corrected chi connectivity index (χ3v) is 4.41. The summed E-state index contributed by atoms with van der Waals surface area (Å²) < 4.78 is 7.15. The van der Waals surface area contributed by atoms with Crippen molar-refractivity contribution in [3.05, 3.63) is 28.2 Å². The molecule has 1 aromatic rings. The van der Waals surface area contributed by atoms with E-state index in [9.17, 15) is 0 Å². The van der Waals surface area contributed by atoms with Gasteiger partial charge in [-0.15, -0.1) is 0 Å². The highest BCUT2D eigenvalue weighted by molar-refractivity contribution is 9.10. The smallest absolute Gasteiger partial charge is 0.123 e. The van der Waals surface area contributed by atoms with E-state index in [-0.39, 0.29) is 0 Å². The Labute approximate surface area is 117 Å². The SMILES string of the molecule is CN(CC1Cc2cc(Br)ccc2O1)C1CCNC1. The van der Waals surface area contributed by atoms with Crippen molar-refractivity contribution < 1.29 is 4.74 Å². The third kappa shape index (κ3) is 2.56. The van der Waals surface area contributed by atoms with Gasteiger partial charge in [0.05, 0.1) is 0 Å². The summed E-state index contributed by atoms with van der Waals surface area (Å²) in [5.74, 6) is 1.06. The number of nitrogens with zero attached hydrogens (tertiary/aromatic N) is 1. The minimum Gasteiger partial charge on any atom is -0.488 e. The number of rotatable bonds is 3. The van der Waals surface area contributed by atoms with Crippen LogP contribution in [0.5, 0.6) is 5.75 Å². The molecule has 18 heavy (non-hydrogen) atoms. The van der Waals surface area contributed by atoms with Gasteiger partial charge in [0.25, 0.3) is 0 Å². The molecule has 2 aliphatic rings. The molecular formula is C14H19BrN2O. The van der Waals surface area contributed by atoms with Gasteiger partial charge in [0.15, 0.2) is 0 Å². The van der Waals surface area contributed by atoms with Crippen LogP contribution in [-0.4, -0.2) is 43.7 Å². The maximum Gasteiger partial charge on any atom is 0.123 e. The van der Waals surface area contributed by atoms with Gasteiger partial charge in [-0.05, 0) is 43.8 Å². The van der Waals surface area contributed by atoms with Crippen molar-refractivity contribution in [2.75, 3.05) is 26.7 Å². The zero-order valence-electron chi connectivity index (χ0n) is 10.7. The monoisotopic (exact) mass is 310 g/mol. The molecule has 1 saturated heterocycles. The number of halogens is 1. The van der Waals surface area contributed by atoms with E-state index in [2.05, 4.69) is 45.3 Å². The molecule has 3 rings (SSSR count). The van der Waals surface area contributed by atoms with Crippen LogP contribution < -0.4 is 10.1 Å². The summed E-state index contributed by atoms with van der Waals surface area (Å²) in [6.45, 7) is 3.27. The van der Waals surface area contributed by atoms with Gasteiger partial charge in [-0.3, -0.25) is 4.90 Å². The molecule has 2 aliphatic heterocycles. The molecule has 2 heterocycles. The minimum absolute atomic E-state index is 0.305. The summed E-state index contributed by atoms with van der Waals surface area (Å²) in [4.78, 5) is 2.44. The number of nitrogens with one attached hydrogen (secondary N) is 1. The lowest BCUT2D eigenvalue weighted by molar-refractivity contribution is 0.144. The van der Waals surface area contributed by atoms with Gasteiger partial charge in [0, 0.05) is 30.0 Å². The lowest BCUT2D eigenvalue weighted by Gasteiger charge is -2.26. The van der Waals surface area contributed by atoms with Crippen molar-refractivity contribution in [3.63, 3.8) is 0 Å². The van der Waals surface area contributed by atoms with Gasteiger partial charge in [0.1, 0.15) is 11.9 Å². The molecule has 4 heteroatoms. The average Bonchev–Trinajstić information content (AvgIpc) is 2.95. The molecule has 0 aliphatic carbocycles. The highest BCUT2D eigenvalue weighted by atomic mass is 79.9. The number of hydrogen-bond donors (Lipinski definition) is 1. The summed E-state index contributed by atoms with van der Waals surface area (Å²) in [6, 6.07) is 6.96. The van der Waals surface area contributed by atoms with Crippen LogP contribution in [-0.2, 0) is 6.42 Å². The van der Waals surface area contributed by atoms with Gasteiger partial charge >= 0.3 is 0 Å². The van der Waals surface area contributed by atoms with Crippen LogP contribution in [0.1, 0.15) is 12.0 Å². The minimum atomic E-state index is 0.305. The van der Waals surface area contributed by atoms with E-state index in [1.54, 1.807) is 0 Å². The van der Waals surface area contributed by atoms with Crippen molar-refractivity contribution in [2.45, 2.75) is 25.0 Å². The standard InChI is InChI=1S/C14H19BrN2O/c1-17(12-4-5-16-8-12)9-13-7-10-6-11(15)2-3-14(10)18-13/h2-3,6,12-13,16H,4-5,7-9H2,1H3. The van der Waals surface area contributed by atoms with Gasteiger partial charge in [0.2, 0.25) is 0 Å². The fraction of sp³-hybridized carbons (Fsp3) is 0.571. The quantitative estimate of drug-likeness (QED) is 0.925. The van der Waals surface area contributed by atoms with Crippen LogP contribution in [0.25, 0.3) is 0 Å². The second kappa shape index (κ2) is 5.19. The maximum atomic E-state index is 6.01. The summed E-state index contributed by atoms with van der Waals surface area (Å²) in [5.41, 5.74) is 1.33. The molecular weight excluding hydrogens is 292 g/mol. The van der Waals surface area contributed by atoms with Crippen molar-refractivity contribution in [1.82, 2.24) is 10.2 Å². The molecule has 1 N–H and O–H groups in total. The lowest BCUT2D eigenvalue weighted by Crippen LogP contribution is -2.40. The van der Waals surface area contributed by atoms with E-state index >= 15 is 0 Å². The Morgan fingerprint density at radius 1 is 1.50 bits per heavy atom. The Bertz CT molecular complexity index is 432. The summed E-state index contributed by atoms with van der Waals surface area (Å²) in [6.07, 6.45) is 2.58. The molecule has 0 radical (unpaired) electrons. The molecule has 2 atom stereocenters. The molecule has 98 valence electrons. The average molecular weight is 311 g/mol. The first-order valence-corrected chi connectivity index (χ1v) is 7.38. The Balaban J connectivity index is 1.60. The van der Waals surface area contributed by atoms with E-state index in [0.29, 0.717) is 12.1 Å². The molecule has 0 saturated carbocycles. The first-order valence-electron chi connectivity index (χ1n) is 6.58. The summed E-state index contributed by atoms with van der Waals surface area (Å²) >= 11 is 3.52. The first-order chi connectivity index (χ1) is 8.72. The zero-order chi connectivity index (χ0) is 12.5. The Kier molecular flexibility index (Phi) is 3.59. The third-order valence-electron chi connectivity index (χ3n) is 3.91. The predicted octanol–water partition coefficient (Wildman–Crippen LogP) is 2.05. The molecule has 0 amide bonds. The maximum absolute atomic E-state index is 6.01. The fourth-order valence-corrected chi connectivity index (χ4v) is 3.29. The fourth-order valence-electron chi connectivity index (χ4n) is 2.88. The van der Waals surface area contributed by atoms with E-state index in [4.69, 9.17) is 4.74 Å². The number of likely N-dealkylation sites (N-methyl/N-ethyl adjacent to an activating group) is 1. The van der Waals surface area contributed by atoms with Crippen molar-refractivity contribution in [3.8, 4) is 5.75 Å². The van der Waals surface area contributed by atoms with Crippen molar-refractivity contribution in [2.24, 2.45) is 0 Å². The molecule has 0 spiro atoms. The van der Waals surface area contributed by atoms with Crippen LogP contribution in [0.15, 0.2) is 22.7 Å². The second-order valence-corrected chi connectivity index (χ2v) is 6.20. The topological polar surface area (TPSA) is 24.5 Å². The predicted molar refractivity (Wildman–Crippen MR) is 76.2 cm³/mol. The highest BCUT2D eigenvalue weighted by Gasteiger charge is 2.27.